The van der Waals surface area contributed by atoms with Gasteiger partial charge < -0.3 is 0 Å². The molecule has 0 aliphatic heterocycles. The van der Waals surface area contributed by atoms with Gasteiger partial charge in [-0.25, -0.2) is 0 Å². The fraction of sp³-hybridized carbons (Fsp3) is 0. The van der Waals surface area contributed by atoms with Crippen molar-refractivity contribution in [1.29, 1.82) is 0 Å². The molecule has 13 heavy (non-hydrogen) atoms. The molecule has 0 saturated heterocycles. The third-order valence-electron chi connectivity index (χ3n) is 1.33. The van der Waals surface area contributed by atoms with Gasteiger partial charge in [-0.05, 0) is 0 Å². The minimum atomic E-state index is -1.32. The maximum atomic E-state index is 10.6. The zero-order valence-electron chi connectivity index (χ0n) is 6.31. The van der Waals surface area contributed by atoms with E-state index in [0.717, 1.165) is 22.5 Å². The standard InChI is InChI=1S/C7H4NO4.Sn/c9-6(10)4-2-1-3-8-5(4)7(11)12;/h1-2H,(H,9,10)(H,11,12);. The van der Waals surface area contributed by atoms with Crippen molar-refractivity contribution >= 4 is 38.2 Å². The maximum absolute atomic E-state index is 10.6. The first kappa shape index (κ1) is 9.97. The summed E-state index contributed by atoms with van der Waals surface area (Å²) in [6, 6.07) is 2.75. The van der Waals surface area contributed by atoms with Crippen molar-refractivity contribution in [3.8, 4) is 0 Å². The van der Waals surface area contributed by atoms with E-state index >= 15 is 0 Å². The molecule has 6 heteroatoms. The molecule has 0 spiro atoms. The monoisotopic (exact) mass is 286 g/mol. The molecule has 1 aromatic rings. The summed E-state index contributed by atoms with van der Waals surface area (Å²) in [4.78, 5) is 24.8. The van der Waals surface area contributed by atoms with Crippen molar-refractivity contribution in [3.05, 3.63) is 23.4 Å². The van der Waals surface area contributed by atoms with Crippen molar-refractivity contribution < 1.29 is 19.8 Å². The van der Waals surface area contributed by atoms with Gasteiger partial charge in [-0.15, -0.1) is 0 Å². The number of hydrogen-bond acceptors (Lipinski definition) is 3. The Hall–Kier alpha value is -1.11. The molecule has 1 heterocycles. The second kappa shape index (κ2) is 3.73. The summed E-state index contributed by atoms with van der Waals surface area (Å²) in [6.45, 7) is 0. The SMILES string of the molecule is O=C(O)c1cc[c]([Sn])nc1C(=O)O. The normalized spacial score (nSPS) is 9.62. The third kappa shape index (κ3) is 2.17. The molecule has 0 atom stereocenters. The Balaban J connectivity index is 3.35. The average Bonchev–Trinajstić information content (AvgIpc) is 2.03. The van der Waals surface area contributed by atoms with E-state index in [2.05, 4.69) is 4.98 Å². The number of rotatable bonds is 2. The Labute approximate surface area is 86.5 Å². The van der Waals surface area contributed by atoms with Gasteiger partial charge in [-0.2, -0.15) is 0 Å². The fourth-order valence-corrected chi connectivity index (χ4v) is 1.35. The van der Waals surface area contributed by atoms with E-state index in [0.29, 0.717) is 3.71 Å². The molecular weight excluding hydrogens is 281 g/mol. The number of pyridine rings is 1. The van der Waals surface area contributed by atoms with Gasteiger partial charge in [0.25, 0.3) is 0 Å². The van der Waals surface area contributed by atoms with Gasteiger partial charge in [-0.1, -0.05) is 0 Å². The van der Waals surface area contributed by atoms with Crippen LogP contribution < -0.4 is 3.71 Å². The summed E-state index contributed by atoms with van der Waals surface area (Å²) < 4.78 is 0.564. The van der Waals surface area contributed by atoms with Crippen LogP contribution in [0.15, 0.2) is 12.1 Å². The van der Waals surface area contributed by atoms with Crippen LogP contribution in [-0.2, 0) is 0 Å². The van der Waals surface area contributed by atoms with Crippen molar-refractivity contribution in [2.75, 3.05) is 0 Å². The van der Waals surface area contributed by atoms with Gasteiger partial charge in [-0.3, -0.25) is 0 Å². The molecule has 3 radical (unpaired) electrons. The Bertz CT molecular complexity index is 377. The molecule has 0 fully saturated rings. The molecule has 0 aliphatic carbocycles. The second-order valence-corrected chi connectivity index (χ2v) is 3.67. The molecule has 0 saturated carbocycles. The Morgan fingerprint density at radius 2 is 1.85 bits per heavy atom. The molecule has 0 amide bonds. The van der Waals surface area contributed by atoms with Crippen molar-refractivity contribution in [3.63, 3.8) is 0 Å². The molecule has 1 aromatic heterocycles. The second-order valence-electron chi connectivity index (χ2n) is 2.20. The van der Waals surface area contributed by atoms with Gasteiger partial charge in [0.15, 0.2) is 0 Å². The molecule has 2 N–H and O–H groups in total. The van der Waals surface area contributed by atoms with Crippen molar-refractivity contribution in [2.45, 2.75) is 0 Å². The third-order valence-corrected chi connectivity index (χ3v) is 2.12. The fourth-order valence-electron chi connectivity index (χ4n) is 0.795. The van der Waals surface area contributed by atoms with Crippen LogP contribution in [0.5, 0.6) is 0 Å². The van der Waals surface area contributed by atoms with E-state index in [-0.39, 0.29) is 5.56 Å². The molecule has 0 aromatic carbocycles. The summed E-state index contributed by atoms with van der Waals surface area (Å²) in [5.41, 5.74) is -0.680. The summed E-state index contributed by atoms with van der Waals surface area (Å²) in [6.07, 6.45) is 0. The van der Waals surface area contributed by atoms with Crippen LogP contribution in [0.25, 0.3) is 0 Å². The summed E-state index contributed by atoms with van der Waals surface area (Å²) in [5, 5.41) is 17.2. The molecular formula is C7H4NO4Sn. The summed E-state index contributed by atoms with van der Waals surface area (Å²) in [5.74, 6) is -2.60. The number of carboxylic acid groups (broad SMARTS) is 2. The number of carbonyl (C=O) groups is 2. The van der Waals surface area contributed by atoms with Gasteiger partial charge in [0, 0.05) is 0 Å². The zero-order chi connectivity index (χ0) is 10.0. The molecule has 0 aliphatic rings. The van der Waals surface area contributed by atoms with Crippen molar-refractivity contribution in [2.24, 2.45) is 0 Å². The van der Waals surface area contributed by atoms with Gasteiger partial charge in [0.05, 0.1) is 0 Å². The predicted molar refractivity (Wildman–Crippen MR) is 43.5 cm³/mol. The molecule has 5 nitrogen and oxygen atoms in total. The Morgan fingerprint density at radius 3 is 2.31 bits per heavy atom. The Morgan fingerprint density at radius 1 is 1.23 bits per heavy atom. The summed E-state index contributed by atoms with van der Waals surface area (Å²) >= 11 is 0.947. The minimum absolute atomic E-state index is 0.279. The van der Waals surface area contributed by atoms with Gasteiger partial charge >= 0.3 is 86.3 Å². The van der Waals surface area contributed by atoms with Crippen LogP contribution in [0, 0.1) is 0 Å². The van der Waals surface area contributed by atoms with E-state index in [1.807, 2.05) is 0 Å². The topological polar surface area (TPSA) is 87.5 Å². The molecule has 0 bridgehead atoms. The molecule has 0 unspecified atom stereocenters. The number of hydrogen-bond donors (Lipinski definition) is 2. The predicted octanol–water partition coefficient (Wildman–Crippen LogP) is -0.728. The van der Waals surface area contributed by atoms with Crippen molar-refractivity contribution in [1.82, 2.24) is 4.98 Å². The number of carboxylic acids is 2. The molecule has 1 rings (SSSR count). The van der Waals surface area contributed by atoms with E-state index in [1.54, 1.807) is 0 Å². The molecule has 65 valence electrons. The number of aromatic carboxylic acids is 2. The van der Waals surface area contributed by atoms with E-state index in [1.165, 1.54) is 12.1 Å². The van der Waals surface area contributed by atoms with E-state index < -0.39 is 17.6 Å². The average molecular weight is 285 g/mol. The van der Waals surface area contributed by atoms with Crippen LogP contribution in [0.4, 0.5) is 0 Å². The van der Waals surface area contributed by atoms with E-state index in [4.69, 9.17) is 10.2 Å². The van der Waals surface area contributed by atoms with Crippen LogP contribution in [0.3, 0.4) is 0 Å². The Kier molecular flexibility index (Phi) is 2.86. The first-order chi connectivity index (χ1) is 6.02. The number of nitrogens with zero attached hydrogens (tertiary/aromatic N) is 1. The van der Waals surface area contributed by atoms with Crippen LogP contribution in [0.2, 0.25) is 0 Å². The quantitative estimate of drug-likeness (QED) is 0.700. The van der Waals surface area contributed by atoms with Crippen LogP contribution >= 0.6 is 0 Å². The zero-order valence-corrected chi connectivity index (χ0v) is 9.17. The van der Waals surface area contributed by atoms with E-state index in [9.17, 15) is 9.59 Å². The van der Waals surface area contributed by atoms with Crippen LogP contribution in [0.1, 0.15) is 20.8 Å². The van der Waals surface area contributed by atoms with Gasteiger partial charge in [0.2, 0.25) is 0 Å². The van der Waals surface area contributed by atoms with Gasteiger partial charge in [0.1, 0.15) is 0 Å². The number of aromatic nitrogens is 1. The first-order valence-electron chi connectivity index (χ1n) is 3.21. The summed E-state index contributed by atoms with van der Waals surface area (Å²) in [7, 11) is 0. The van der Waals surface area contributed by atoms with Crippen LogP contribution in [-0.4, -0.2) is 49.7 Å². The first-order valence-corrected chi connectivity index (χ1v) is 4.64.